The monoisotopic (exact) mass is 201 g/mol. The molecule has 3 heteroatoms. The molecule has 0 aliphatic heterocycles. The summed E-state index contributed by atoms with van der Waals surface area (Å²) in [7, 11) is 8.48. The minimum absolute atomic E-state index is 0.698. The quantitative estimate of drug-likeness (QED) is 0.588. The van der Waals surface area contributed by atoms with Crippen molar-refractivity contribution in [1.82, 2.24) is 15.1 Å². The molecule has 0 saturated heterocycles. The molecule has 0 spiro atoms. The predicted molar refractivity (Wildman–Crippen MR) is 63.8 cm³/mol. The SMILES string of the molecule is CNCCCC(C)N(C)CCN(C)C. The van der Waals surface area contributed by atoms with Gasteiger partial charge in [-0.05, 0) is 54.5 Å². The second-order valence-electron chi connectivity index (χ2n) is 4.38. The zero-order chi connectivity index (χ0) is 11.0. The normalized spacial score (nSPS) is 13.9. The Morgan fingerprint density at radius 3 is 2.29 bits per heavy atom. The van der Waals surface area contributed by atoms with Crippen molar-refractivity contribution >= 4 is 0 Å². The van der Waals surface area contributed by atoms with E-state index in [1.165, 1.54) is 12.8 Å². The first kappa shape index (κ1) is 13.9. The van der Waals surface area contributed by atoms with Crippen molar-refractivity contribution in [1.29, 1.82) is 0 Å². The van der Waals surface area contributed by atoms with Gasteiger partial charge < -0.3 is 15.1 Å². The summed E-state index contributed by atoms with van der Waals surface area (Å²) in [5, 5.41) is 3.19. The number of nitrogens with zero attached hydrogens (tertiary/aromatic N) is 2. The van der Waals surface area contributed by atoms with Crippen LogP contribution in [0.3, 0.4) is 0 Å². The van der Waals surface area contributed by atoms with E-state index < -0.39 is 0 Å². The lowest BCUT2D eigenvalue weighted by molar-refractivity contribution is 0.218. The molecule has 0 radical (unpaired) electrons. The standard InChI is InChI=1S/C11H27N3/c1-11(7-6-8-12-2)14(5)10-9-13(3)4/h11-12H,6-10H2,1-5H3. The van der Waals surface area contributed by atoms with Crippen molar-refractivity contribution in [3.05, 3.63) is 0 Å². The van der Waals surface area contributed by atoms with Crippen LogP contribution in [0.25, 0.3) is 0 Å². The first-order valence-electron chi connectivity index (χ1n) is 5.57. The summed E-state index contributed by atoms with van der Waals surface area (Å²) in [6, 6.07) is 0.698. The highest BCUT2D eigenvalue weighted by molar-refractivity contribution is 4.64. The molecule has 1 N–H and O–H groups in total. The second kappa shape index (κ2) is 8.21. The van der Waals surface area contributed by atoms with E-state index in [-0.39, 0.29) is 0 Å². The van der Waals surface area contributed by atoms with Crippen LogP contribution in [0, 0.1) is 0 Å². The van der Waals surface area contributed by atoms with E-state index in [2.05, 4.69) is 43.2 Å². The molecule has 0 aromatic rings. The molecule has 0 fully saturated rings. The molecule has 0 aliphatic rings. The summed E-state index contributed by atoms with van der Waals surface area (Å²) >= 11 is 0. The molecule has 0 aromatic heterocycles. The molecule has 0 saturated carbocycles. The molecular formula is C11H27N3. The molecule has 3 nitrogen and oxygen atoms in total. The molecular weight excluding hydrogens is 174 g/mol. The lowest BCUT2D eigenvalue weighted by Gasteiger charge is -2.26. The van der Waals surface area contributed by atoms with Gasteiger partial charge in [-0.15, -0.1) is 0 Å². The Bertz CT molecular complexity index is 126. The number of hydrogen-bond donors (Lipinski definition) is 1. The molecule has 0 bridgehead atoms. The number of hydrogen-bond acceptors (Lipinski definition) is 3. The maximum absolute atomic E-state index is 3.19. The van der Waals surface area contributed by atoms with Gasteiger partial charge in [0.1, 0.15) is 0 Å². The van der Waals surface area contributed by atoms with Crippen LogP contribution in [-0.4, -0.2) is 63.7 Å². The smallest absolute Gasteiger partial charge is 0.0109 e. The van der Waals surface area contributed by atoms with E-state index in [0.717, 1.165) is 19.6 Å². The summed E-state index contributed by atoms with van der Waals surface area (Å²) in [6.07, 6.45) is 2.55. The molecule has 0 amide bonds. The fraction of sp³-hybridized carbons (Fsp3) is 1.00. The van der Waals surface area contributed by atoms with Crippen LogP contribution < -0.4 is 5.32 Å². The van der Waals surface area contributed by atoms with Crippen molar-refractivity contribution in [2.75, 3.05) is 47.8 Å². The maximum Gasteiger partial charge on any atom is 0.0109 e. The summed E-state index contributed by atoms with van der Waals surface area (Å²) in [5.74, 6) is 0. The average molecular weight is 201 g/mol. The molecule has 0 aromatic carbocycles. The van der Waals surface area contributed by atoms with Gasteiger partial charge in [-0.1, -0.05) is 0 Å². The Morgan fingerprint density at radius 2 is 1.79 bits per heavy atom. The Hall–Kier alpha value is -0.120. The predicted octanol–water partition coefficient (Wildman–Crippen LogP) is 0.868. The largest absolute Gasteiger partial charge is 0.320 e. The highest BCUT2D eigenvalue weighted by Gasteiger charge is 2.08. The average Bonchev–Trinajstić information content (AvgIpc) is 2.14. The van der Waals surface area contributed by atoms with Crippen LogP contribution in [-0.2, 0) is 0 Å². The third kappa shape index (κ3) is 7.30. The topological polar surface area (TPSA) is 18.5 Å². The van der Waals surface area contributed by atoms with Crippen molar-refractivity contribution in [2.45, 2.75) is 25.8 Å². The summed E-state index contributed by atoms with van der Waals surface area (Å²) in [4.78, 5) is 4.67. The van der Waals surface area contributed by atoms with Gasteiger partial charge in [0, 0.05) is 19.1 Å². The van der Waals surface area contributed by atoms with Crippen molar-refractivity contribution < 1.29 is 0 Å². The summed E-state index contributed by atoms with van der Waals surface area (Å²) in [6.45, 7) is 5.75. The molecule has 0 rings (SSSR count). The van der Waals surface area contributed by atoms with E-state index in [9.17, 15) is 0 Å². The van der Waals surface area contributed by atoms with Crippen LogP contribution in [0.5, 0.6) is 0 Å². The van der Waals surface area contributed by atoms with E-state index in [0.29, 0.717) is 6.04 Å². The third-order valence-electron chi connectivity index (χ3n) is 2.70. The molecule has 1 atom stereocenters. The maximum atomic E-state index is 3.19. The molecule has 1 unspecified atom stereocenters. The Balaban J connectivity index is 3.49. The zero-order valence-corrected chi connectivity index (χ0v) is 10.5. The fourth-order valence-electron chi connectivity index (χ4n) is 1.37. The minimum atomic E-state index is 0.698. The van der Waals surface area contributed by atoms with E-state index in [4.69, 9.17) is 0 Å². The van der Waals surface area contributed by atoms with E-state index in [1.807, 2.05) is 7.05 Å². The highest BCUT2D eigenvalue weighted by atomic mass is 15.2. The van der Waals surface area contributed by atoms with Gasteiger partial charge in [-0.25, -0.2) is 0 Å². The Morgan fingerprint density at radius 1 is 1.14 bits per heavy atom. The van der Waals surface area contributed by atoms with Crippen LogP contribution in [0.1, 0.15) is 19.8 Å². The molecule has 86 valence electrons. The van der Waals surface area contributed by atoms with Gasteiger partial charge in [0.05, 0.1) is 0 Å². The van der Waals surface area contributed by atoms with Crippen molar-refractivity contribution in [3.63, 3.8) is 0 Å². The number of likely N-dealkylation sites (N-methyl/N-ethyl adjacent to an activating group) is 2. The van der Waals surface area contributed by atoms with Gasteiger partial charge in [0.2, 0.25) is 0 Å². The Kier molecular flexibility index (Phi) is 8.14. The minimum Gasteiger partial charge on any atom is -0.320 e. The molecule has 0 heterocycles. The second-order valence-corrected chi connectivity index (χ2v) is 4.38. The van der Waals surface area contributed by atoms with Crippen molar-refractivity contribution in [3.8, 4) is 0 Å². The van der Waals surface area contributed by atoms with Gasteiger partial charge in [-0.3, -0.25) is 0 Å². The van der Waals surface area contributed by atoms with Crippen LogP contribution in [0.15, 0.2) is 0 Å². The fourth-order valence-corrected chi connectivity index (χ4v) is 1.37. The highest BCUT2D eigenvalue weighted by Crippen LogP contribution is 2.03. The van der Waals surface area contributed by atoms with Crippen LogP contribution in [0.2, 0.25) is 0 Å². The van der Waals surface area contributed by atoms with E-state index in [1.54, 1.807) is 0 Å². The first-order chi connectivity index (χ1) is 6.57. The zero-order valence-electron chi connectivity index (χ0n) is 10.5. The number of rotatable bonds is 8. The van der Waals surface area contributed by atoms with E-state index >= 15 is 0 Å². The number of nitrogens with one attached hydrogen (secondary N) is 1. The third-order valence-corrected chi connectivity index (χ3v) is 2.70. The Labute approximate surface area is 89.5 Å². The lowest BCUT2D eigenvalue weighted by Crippen LogP contribution is -2.35. The van der Waals surface area contributed by atoms with Gasteiger partial charge in [-0.2, -0.15) is 0 Å². The van der Waals surface area contributed by atoms with Gasteiger partial charge in [0.25, 0.3) is 0 Å². The van der Waals surface area contributed by atoms with Gasteiger partial charge >= 0.3 is 0 Å². The van der Waals surface area contributed by atoms with Gasteiger partial charge in [0.15, 0.2) is 0 Å². The molecule has 0 aliphatic carbocycles. The van der Waals surface area contributed by atoms with Crippen LogP contribution >= 0.6 is 0 Å². The summed E-state index contributed by atoms with van der Waals surface area (Å²) in [5.41, 5.74) is 0. The van der Waals surface area contributed by atoms with Crippen molar-refractivity contribution in [2.24, 2.45) is 0 Å². The summed E-state index contributed by atoms with van der Waals surface area (Å²) < 4.78 is 0. The first-order valence-corrected chi connectivity index (χ1v) is 5.57. The van der Waals surface area contributed by atoms with Crippen LogP contribution in [0.4, 0.5) is 0 Å². The lowest BCUT2D eigenvalue weighted by atomic mass is 10.1. The molecule has 14 heavy (non-hydrogen) atoms.